The number of halogens is 3. The van der Waals surface area contributed by atoms with Gasteiger partial charge < -0.3 is 25.2 Å². The first-order chi connectivity index (χ1) is 16.6. The van der Waals surface area contributed by atoms with Gasteiger partial charge in [-0.3, -0.25) is 14.4 Å². The Morgan fingerprint density at radius 1 is 1.14 bits per heavy atom. The molecular weight excluding hydrogens is 469 g/mol. The summed E-state index contributed by atoms with van der Waals surface area (Å²) in [6, 6.07) is 10.2. The van der Waals surface area contributed by atoms with E-state index in [4.69, 9.17) is 4.74 Å². The van der Waals surface area contributed by atoms with Gasteiger partial charge in [-0.25, -0.2) is 0 Å². The molecule has 186 valence electrons. The van der Waals surface area contributed by atoms with Crippen molar-refractivity contribution in [3.05, 3.63) is 59.7 Å². The molecule has 1 aliphatic heterocycles. The van der Waals surface area contributed by atoms with Crippen LogP contribution in [0, 0.1) is 0 Å². The molecule has 0 radical (unpaired) electrons. The van der Waals surface area contributed by atoms with Crippen LogP contribution in [0.4, 0.5) is 13.2 Å². The van der Waals surface area contributed by atoms with Crippen LogP contribution >= 0.6 is 0 Å². The maximum atomic E-state index is 13.3. The molecule has 2 amide bonds. The lowest BCUT2D eigenvalue weighted by molar-refractivity contribution is -0.274. The van der Waals surface area contributed by atoms with Crippen LogP contribution in [0.2, 0.25) is 0 Å². The topological polar surface area (TPSA) is 114 Å². The number of hydrogen-bond donors (Lipinski definition) is 3. The fourth-order valence-electron chi connectivity index (χ4n) is 4.52. The molecule has 2 fully saturated rings. The van der Waals surface area contributed by atoms with Gasteiger partial charge in [0.2, 0.25) is 5.91 Å². The Kier molecular flexibility index (Phi) is 6.70. The van der Waals surface area contributed by atoms with E-state index >= 15 is 0 Å². The van der Waals surface area contributed by atoms with Crippen molar-refractivity contribution < 1.29 is 42.1 Å². The van der Waals surface area contributed by atoms with Gasteiger partial charge in [-0.1, -0.05) is 12.1 Å². The monoisotopic (exact) mass is 492 g/mol. The first-order valence-corrected chi connectivity index (χ1v) is 11.0. The Bertz CT molecular complexity index is 1100. The molecule has 3 atom stereocenters. The second kappa shape index (κ2) is 9.57. The van der Waals surface area contributed by atoms with Crippen molar-refractivity contribution in [2.45, 2.75) is 43.2 Å². The number of fused-ring (bicyclic) bond motifs is 1. The number of aromatic hydroxyl groups is 1. The van der Waals surface area contributed by atoms with E-state index in [1.807, 2.05) is 0 Å². The molecule has 0 bridgehead atoms. The van der Waals surface area contributed by atoms with Gasteiger partial charge in [-0.05, 0) is 61.2 Å². The van der Waals surface area contributed by atoms with Crippen molar-refractivity contribution in [2.24, 2.45) is 0 Å². The van der Waals surface area contributed by atoms with E-state index in [0.29, 0.717) is 18.4 Å². The molecule has 11 heteroatoms. The van der Waals surface area contributed by atoms with Gasteiger partial charge in [0.15, 0.2) is 5.78 Å². The highest BCUT2D eigenvalue weighted by Crippen LogP contribution is 2.38. The second-order valence-corrected chi connectivity index (χ2v) is 8.50. The number of benzene rings is 2. The number of nitrogens with one attached hydrogen (secondary N) is 2. The maximum Gasteiger partial charge on any atom is 0.573 e. The molecular formula is C24H23F3N2O6. The number of rotatable bonds is 7. The van der Waals surface area contributed by atoms with Crippen molar-refractivity contribution in [1.29, 1.82) is 0 Å². The molecule has 1 saturated carbocycles. The van der Waals surface area contributed by atoms with Crippen molar-refractivity contribution in [1.82, 2.24) is 10.6 Å². The van der Waals surface area contributed by atoms with Crippen molar-refractivity contribution in [3.63, 3.8) is 0 Å². The second-order valence-electron chi connectivity index (χ2n) is 8.50. The minimum atomic E-state index is -4.85. The van der Waals surface area contributed by atoms with Gasteiger partial charge in [0, 0.05) is 12.1 Å². The molecule has 8 nitrogen and oxygen atoms in total. The molecule has 2 aromatic carbocycles. The predicted octanol–water partition coefficient (Wildman–Crippen LogP) is 2.81. The standard InChI is InChI=1S/C24H23F3N2O6/c25-24(26,27)35-17-9-5-15(6-10-17)21(32)28-12-18(14-3-7-16(30)8-4-14)22(33)29-23-11-1-2-20(23)34-13-19(23)31/h3-10,18,20,30H,1-2,11-13H2,(H,28,32)(H,29,33). The predicted molar refractivity (Wildman–Crippen MR) is 116 cm³/mol. The summed E-state index contributed by atoms with van der Waals surface area (Å²) in [7, 11) is 0. The highest BCUT2D eigenvalue weighted by Gasteiger charge is 2.55. The zero-order chi connectivity index (χ0) is 25.2. The number of phenols is 1. The summed E-state index contributed by atoms with van der Waals surface area (Å²) in [5.41, 5.74) is -0.532. The summed E-state index contributed by atoms with van der Waals surface area (Å²) in [5.74, 6) is -2.68. The Morgan fingerprint density at radius 2 is 1.83 bits per heavy atom. The average Bonchev–Trinajstić information content (AvgIpc) is 3.33. The first kappa shape index (κ1) is 24.5. The van der Waals surface area contributed by atoms with Crippen LogP contribution < -0.4 is 15.4 Å². The van der Waals surface area contributed by atoms with Gasteiger partial charge in [0.05, 0.1) is 12.0 Å². The minimum absolute atomic E-state index is 0.00747. The third-order valence-corrected chi connectivity index (χ3v) is 6.28. The molecule has 3 N–H and O–H groups in total. The highest BCUT2D eigenvalue weighted by molar-refractivity contribution is 5.98. The van der Waals surface area contributed by atoms with Crippen molar-refractivity contribution in [3.8, 4) is 11.5 Å². The van der Waals surface area contributed by atoms with Crippen molar-refractivity contribution >= 4 is 17.6 Å². The molecule has 1 saturated heterocycles. The van der Waals surface area contributed by atoms with Crippen LogP contribution in [-0.2, 0) is 14.3 Å². The van der Waals surface area contributed by atoms with Gasteiger partial charge in [-0.15, -0.1) is 13.2 Å². The summed E-state index contributed by atoms with van der Waals surface area (Å²) in [6.45, 7) is -0.231. The summed E-state index contributed by atoms with van der Waals surface area (Å²) >= 11 is 0. The van der Waals surface area contributed by atoms with E-state index in [1.165, 1.54) is 36.4 Å². The Balaban J connectivity index is 1.48. The number of amides is 2. The summed E-state index contributed by atoms with van der Waals surface area (Å²) in [4.78, 5) is 38.5. The molecule has 3 unspecified atom stereocenters. The summed E-state index contributed by atoms with van der Waals surface area (Å²) < 4.78 is 46.4. The van der Waals surface area contributed by atoms with Gasteiger partial charge in [0.1, 0.15) is 23.6 Å². The number of carbonyl (C=O) groups is 3. The third kappa shape index (κ3) is 5.40. The SMILES string of the molecule is O=C(NCC(C(=O)NC12CCCC1OCC2=O)c1ccc(O)cc1)c1ccc(OC(F)(F)F)cc1. The number of carbonyl (C=O) groups excluding carboxylic acids is 3. The van der Waals surface area contributed by atoms with Crippen LogP contribution in [0.25, 0.3) is 0 Å². The van der Waals surface area contributed by atoms with E-state index in [2.05, 4.69) is 15.4 Å². The maximum absolute atomic E-state index is 13.3. The van der Waals surface area contributed by atoms with E-state index in [-0.39, 0.29) is 30.2 Å². The lowest BCUT2D eigenvalue weighted by Crippen LogP contribution is -2.57. The van der Waals surface area contributed by atoms with Crippen LogP contribution in [0.5, 0.6) is 11.5 Å². The first-order valence-electron chi connectivity index (χ1n) is 11.0. The molecule has 1 heterocycles. The van der Waals surface area contributed by atoms with E-state index in [1.54, 1.807) is 0 Å². The normalized spacial score (nSPS) is 22.4. The number of ketones is 1. The quantitative estimate of drug-likeness (QED) is 0.548. The number of ether oxygens (including phenoxy) is 2. The average molecular weight is 492 g/mol. The van der Waals surface area contributed by atoms with Crippen LogP contribution in [0.3, 0.4) is 0 Å². The summed E-state index contributed by atoms with van der Waals surface area (Å²) in [5, 5.41) is 15.1. The van der Waals surface area contributed by atoms with Gasteiger partial charge in [-0.2, -0.15) is 0 Å². The van der Waals surface area contributed by atoms with Crippen LogP contribution in [-0.4, -0.2) is 53.9 Å². The fraction of sp³-hybridized carbons (Fsp3) is 0.375. The molecule has 4 rings (SSSR count). The third-order valence-electron chi connectivity index (χ3n) is 6.28. The minimum Gasteiger partial charge on any atom is -0.508 e. The number of Topliss-reactive ketones (excluding diaryl/α,β-unsaturated/α-hetero) is 1. The Labute approximate surface area is 198 Å². The summed E-state index contributed by atoms with van der Waals surface area (Å²) in [6.07, 6.45) is -3.40. The molecule has 2 aromatic rings. The number of hydrogen-bond acceptors (Lipinski definition) is 6. The molecule has 35 heavy (non-hydrogen) atoms. The van der Waals surface area contributed by atoms with Crippen molar-refractivity contribution in [2.75, 3.05) is 13.2 Å². The fourth-order valence-corrected chi connectivity index (χ4v) is 4.52. The highest BCUT2D eigenvalue weighted by atomic mass is 19.4. The molecule has 0 spiro atoms. The van der Waals surface area contributed by atoms with Crippen LogP contribution in [0.15, 0.2) is 48.5 Å². The molecule has 2 aliphatic rings. The lowest BCUT2D eigenvalue weighted by atomic mass is 9.89. The van der Waals surface area contributed by atoms with Gasteiger partial charge in [0.25, 0.3) is 5.91 Å². The van der Waals surface area contributed by atoms with E-state index in [9.17, 15) is 32.7 Å². The van der Waals surface area contributed by atoms with E-state index in [0.717, 1.165) is 18.6 Å². The number of phenolic OH excluding ortho intramolecular Hbond substituents is 1. The van der Waals surface area contributed by atoms with Gasteiger partial charge >= 0.3 is 6.36 Å². The molecule has 0 aromatic heterocycles. The zero-order valence-corrected chi connectivity index (χ0v) is 18.4. The largest absolute Gasteiger partial charge is 0.573 e. The van der Waals surface area contributed by atoms with E-state index < -0.39 is 41.5 Å². The van der Waals surface area contributed by atoms with Crippen LogP contribution in [0.1, 0.15) is 41.1 Å². The molecule has 1 aliphatic carbocycles. The Morgan fingerprint density at radius 3 is 2.49 bits per heavy atom. The zero-order valence-electron chi connectivity index (χ0n) is 18.4. The Hall–Kier alpha value is -3.60. The number of alkyl halides is 3. The smallest absolute Gasteiger partial charge is 0.508 e. The lowest BCUT2D eigenvalue weighted by Gasteiger charge is -2.30.